The number of anilines is 1. The summed E-state index contributed by atoms with van der Waals surface area (Å²) in [6.07, 6.45) is 0.802. The molecule has 15 heavy (non-hydrogen) atoms. The summed E-state index contributed by atoms with van der Waals surface area (Å²) >= 11 is 0. The molecule has 1 atom stereocenters. The molecule has 1 aromatic rings. The van der Waals surface area contributed by atoms with Crippen molar-refractivity contribution in [3.63, 3.8) is 0 Å². The lowest BCUT2D eigenvalue weighted by molar-refractivity contribution is 0.0925. The average molecular weight is 207 g/mol. The van der Waals surface area contributed by atoms with Gasteiger partial charge in [0.05, 0.1) is 12.7 Å². The van der Waals surface area contributed by atoms with Crippen LogP contribution in [0, 0.1) is 5.92 Å². The predicted molar refractivity (Wildman–Crippen MR) is 61.2 cm³/mol. The molecule has 0 spiro atoms. The maximum Gasteiger partial charge on any atom is 0.171 e. The van der Waals surface area contributed by atoms with Crippen molar-refractivity contribution in [1.29, 1.82) is 0 Å². The molecule has 0 saturated carbocycles. The standard InChI is InChI=1S/C12H17NO2/c1-4-8(2)12(14)11-9(13)6-5-7-10(11)15-3/h5-8H,4,13H2,1-3H3. The maximum absolute atomic E-state index is 12.0. The molecule has 2 N–H and O–H groups in total. The molecule has 0 aliphatic rings. The number of nitrogens with two attached hydrogens (primary N) is 1. The molecular weight excluding hydrogens is 190 g/mol. The van der Waals surface area contributed by atoms with Gasteiger partial charge in [0.25, 0.3) is 0 Å². The molecule has 1 aromatic carbocycles. The van der Waals surface area contributed by atoms with Gasteiger partial charge in [-0.1, -0.05) is 19.9 Å². The zero-order chi connectivity index (χ0) is 11.4. The van der Waals surface area contributed by atoms with Gasteiger partial charge < -0.3 is 10.5 Å². The fourth-order valence-electron chi connectivity index (χ4n) is 1.41. The van der Waals surface area contributed by atoms with Crippen LogP contribution in [-0.2, 0) is 0 Å². The monoisotopic (exact) mass is 207 g/mol. The summed E-state index contributed by atoms with van der Waals surface area (Å²) in [7, 11) is 1.54. The fourth-order valence-corrected chi connectivity index (χ4v) is 1.41. The van der Waals surface area contributed by atoms with Crippen LogP contribution in [-0.4, -0.2) is 12.9 Å². The third kappa shape index (κ3) is 2.29. The Morgan fingerprint density at radius 3 is 2.73 bits per heavy atom. The number of Topliss-reactive ketones (excluding diaryl/α,β-unsaturated/α-hetero) is 1. The molecule has 1 rings (SSSR count). The van der Waals surface area contributed by atoms with Gasteiger partial charge in [0, 0.05) is 11.6 Å². The van der Waals surface area contributed by atoms with Crippen LogP contribution in [0.4, 0.5) is 5.69 Å². The summed E-state index contributed by atoms with van der Waals surface area (Å²) in [6, 6.07) is 5.26. The minimum absolute atomic E-state index is 0.0244. The molecule has 0 aliphatic heterocycles. The van der Waals surface area contributed by atoms with Gasteiger partial charge in [-0.3, -0.25) is 4.79 Å². The van der Waals surface area contributed by atoms with Crippen LogP contribution in [0.5, 0.6) is 5.75 Å². The molecule has 0 amide bonds. The highest BCUT2D eigenvalue weighted by molar-refractivity contribution is 6.04. The zero-order valence-corrected chi connectivity index (χ0v) is 9.41. The number of hydrogen-bond acceptors (Lipinski definition) is 3. The van der Waals surface area contributed by atoms with Gasteiger partial charge in [0.15, 0.2) is 5.78 Å². The van der Waals surface area contributed by atoms with E-state index in [0.29, 0.717) is 17.0 Å². The van der Waals surface area contributed by atoms with Crippen LogP contribution in [0.1, 0.15) is 30.6 Å². The largest absolute Gasteiger partial charge is 0.496 e. The summed E-state index contributed by atoms with van der Waals surface area (Å²) in [4.78, 5) is 12.0. The highest BCUT2D eigenvalue weighted by Crippen LogP contribution is 2.27. The number of rotatable bonds is 4. The SMILES string of the molecule is CCC(C)C(=O)c1c(N)cccc1OC. The molecule has 0 bridgehead atoms. The van der Waals surface area contributed by atoms with E-state index in [2.05, 4.69) is 0 Å². The number of carbonyl (C=O) groups excluding carboxylic acids is 1. The Labute approximate surface area is 90.2 Å². The molecule has 0 radical (unpaired) electrons. The Balaban J connectivity index is 3.17. The maximum atomic E-state index is 12.0. The van der Waals surface area contributed by atoms with Gasteiger partial charge in [-0.2, -0.15) is 0 Å². The van der Waals surface area contributed by atoms with Gasteiger partial charge in [-0.05, 0) is 18.6 Å². The second-order valence-electron chi connectivity index (χ2n) is 3.60. The van der Waals surface area contributed by atoms with Crippen molar-refractivity contribution in [2.24, 2.45) is 5.92 Å². The van der Waals surface area contributed by atoms with Crippen LogP contribution >= 0.6 is 0 Å². The Morgan fingerprint density at radius 2 is 2.20 bits per heavy atom. The van der Waals surface area contributed by atoms with E-state index >= 15 is 0 Å². The van der Waals surface area contributed by atoms with Gasteiger partial charge in [-0.15, -0.1) is 0 Å². The van der Waals surface area contributed by atoms with Gasteiger partial charge in [0.1, 0.15) is 5.75 Å². The normalized spacial score (nSPS) is 12.2. The summed E-state index contributed by atoms with van der Waals surface area (Å²) in [5, 5.41) is 0. The molecule has 3 heteroatoms. The summed E-state index contributed by atoms with van der Waals surface area (Å²) in [5.74, 6) is 0.580. The lowest BCUT2D eigenvalue weighted by atomic mass is 9.95. The first kappa shape index (κ1) is 11.6. The number of methoxy groups -OCH3 is 1. The van der Waals surface area contributed by atoms with E-state index in [1.165, 1.54) is 0 Å². The molecule has 3 nitrogen and oxygen atoms in total. The van der Waals surface area contributed by atoms with Crippen molar-refractivity contribution in [3.05, 3.63) is 23.8 Å². The van der Waals surface area contributed by atoms with Gasteiger partial charge in [-0.25, -0.2) is 0 Å². The zero-order valence-electron chi connectivity index (χ0n) is 9.41. The van der Waals surface area contributed by atoms with Crippen molar-refractivity contribution < 1.29 is 9.53 Å². The van der Waals surface area contributed by atoms with Crippen molar-refractivity contribution in [2.75, 3.05) is 12.8 Å². The number of ketones is 1. The number of benzene rings is 1. The first-order valence-corrected chi connectivity index (χ1v) is 5.08. The first-order chi connectivity index (χ1) is 7.11. The predicted octanol–water partition coefficient (Wildman–Crippen LogP) is 2.51. The average Bonchev–Trinajstić information content (AvgIpc) is 2.26. The highest BCUT2D eigenvalue weighted by Gasteiger charge is 2.19. The van der Waals surface area contributed by atoms with E-state index in [1.54, 1.807) is 25.3 Å². The lowest BCUT2D eigenvalue weighted by Gasteiger charge is -2.13. The van der Waals surface area contributed by atoms with Crippen LogP contribution in [0.15, 0.2) is 18.2 Å². The van der Waals surface area contributed by atoms with E-state index in [4.69, 9.17) is 10.5 Å². The minimum Gasteiger partial charge on any atom is -0.496 e. The molecule has 1 unspecified atom stereocenters. The van der Waals surface area contributed by atoms with Crippen molar-refractivity contribution in [3.8, 4) is 5.75 Å². The first-order valence-electron chi connectivity index (χ1n) is 5.08. The van der Waals surface area contributed by atoms with Gasteiger partial charge in [0.2, 0.25) is 0 Å². The molecular formula is C12H17NO2. The van der Waals surface area contributed by atoms with E-state index < -0.39 is 0 Å². The number of ether oxygens (including phenoxy) is 1. The highest BCUT2D eigenvalue weighted by atomic mass is 16.5. The minimum atomic E-state index is -0.0244. The topological polar surface area (TPSA) is 52.3 Å². The van der Waals surface area contributed by atoms with Crippen LogP contribution in [0.25, 0.3) is 0 Å². The molecule has 0 fully saturated rings. The van der Waals surface area contributed by atoms with E-state index in [-0.39, 0.29) is 11.7 Å². The van der Waals surface area contributed by atoms with Crippen LogP contribution < -0.4 is 10.5 Å². The summed E-state index contributed by atoms with van der Waals surface area (Å²) in [6.45, 7) is 3.88. The van der Waals surface area contributed by atoms with Crippen LogP contribution in [0.3, 0.4) is 0 Å². The molecule has 0 heterocycles. The Kier molecular flexibility index (Phi) is 3.72. The second-order valence-corrected chi connectivity index (χ2v) is 3.60. The van der Waals surface area contributed by atoms with Crippen LogP contribution in [0.2, 0.25) is 0 Å². The summed E-state index contributed by atoms with van der Waals surface area (Å²) in [5.41, 5.74) is 6.78. The molecule has 0 saturated heterocycles. The Bertz CT molecular complexity index is 361. The van der Waals surface area contributed by atoms with Crippen molar-refractivity contribution >= 4 is 11.5 Å². The molecule has 0 aromatic heterocycles. The van der Waals surface area contributed by atoms with Crippen molar-refractivity contribution in [1.82, 2.24) is 0 Å². The lowest BCUT2D eigenvalue weighted by Crippen LogP contribution is -2.13. The van der Waals surface area contributed by atoms with E-state index in [0.717, 1.165) is 6.42 Å². The summed E-state index contributed by atoms with van der Waals surface area (Å²) < 4.78 is 5.14. The smallest absolute Gasteiger partial charge is 0.171 e. The molecule has 0 aliphatic carbocycles. The van der Waals surface area contributed by atoms with Crippen molar-refractivity contribution in [2.45, 2.75) is 20.3 Å². The Hall–Kier alpha value is -1.51. The third-order valence-electron chi connectivity index (χ3n) is 2.58. The second kappa shape index (κ2) is 4.82. The quantitative estimate of drug-likeness (QED) is 0.609. The van der Waals surface area contributed by atoms with E-state index in [9.17, 15) is 4.79 Å². The third-order valence-corrected chi connectivity index (χ3v) is 2.58. The van der Waals surface area contributed by atoms with Gasteiger partial charge >= 0.3 is 0 Å². The Morgan fingerprint density at radius 1 is 1.53 bits per heavy atom. The number of carbonyl (C=O) groups is 1. The number of nitrogen functional groups attached to an aromatic ring is 1. The fraction of sp³-hybridized carbons (Fsp3) is 0.417. The number of hydrogen-bond donors (Lipinski definition) is 1. The molecule has 82 valence electrons. The van der Waals surface area contributed by atoms with E-state index in [1.807, 2.05) is 13.8 Å².